The van der Waals surface area contributed by atoms with E-state index in [1.54, 1.807) is 0 Å². The molecule has 3 aromatic rings. The van der Waals surface area contributed by atoms with Gasteiger partial charge in [-0.25, -0.2) is 0 Å². The summed E-state index contributed by atoms with van der Waals surface area (Å²) in [6.45, 7) is 1.11. The highest BCUT2D eigenvalue weighted by Gasteiger charge is 2.16. The van der Waals surface area contributed by atoms with Crippen LogP contribution in [0, 0.1) is 0 Å². The van der Waals surface area contributed by atoms with Gasteiger partial charge < -0.3 is 15.4 Å². The van der Waals surface area contributed by atoms with Crippen molar-refractivity contribution in [1.82, 2.24) is 5.32 Å². The van der Waals surface area contributed by atoms with E-state index in [1.165, 1.54) is 11.1 Å². The Kier molecular flexibility index (Phi) is 7.75. The zero-order valence-electron chi connectivity index (χ0n) is 18.8. The molecule has 1 aliphatic rings. The highest BCUT2D eigenvalue weighted by atomic mass is 16.5. The minimum Gasteiger partial charge on any atom is -0.494 e. The molecule has 0 fully saturated rings. The van der Waals surface area contributed by atoms with Crippen LogP contribution in [-0.4, -0.2) is 25.0 Å². The molecule has 0 bridgehead atoms. The normalized spacial score (nSPS) is 12.7. The van der Waals surface area contributed by atoms with E-state index in [9.17, 15) is 9.59 Å². The average Bonchev–Trinajstić information content (AvgIpc) is 2.85. The smallest absolute Gasteiger partial charge is 0.224 e. The van der Waals surface area contributed by atoms with E-state index >= 15 is 0 Å². The van der Waals surface area contributed by atoms with Crippen molar-refractivity contribution < 1.29 is 14.3 Å². The van der Waals surface area contributed by atoms with Gasteiger partial charge in [-0.15, -0.1) is 0 Å². The molecule has 0 saturated carbocycles. The molecule has 0 aliphatic carbocycles. The Morgan fingerprint density at radius 1 is 0.939 bits per heavy atom. The fourth-order valence-electron chi connectivity index (χ4n) is 4.21. The van der Waals surface area contributed by atoms with E-state index in [2.05, 4.69) is 59.2 Å². The molecule has 2 amide bonds. The van der Waals surface area contributed by atoms with Gasteiger partial charge in [-0.05, 0) is 54.2 Å². The second-order valence-electron chi connectivity index (χ2n) is 8.33. The van der Waals surface area contributed by atoms with Gasteiger partial charge in [0.15, 0.2) is 0 Å². The zero-order chi connectivity index (χ0) is 22.9. The number of rotatable bonds is 10. The Labute approximate surface area is 195 Å². The van der Waals surface area contributed by atoms with Gasteiger partial charge in [0.2, 0.25) is 11.8 Å². The molecule has 1 heterocycles. The van der Waals surface area contributed by atoms with Crippen LogP contribution in [0.5, 0.6) is 5.75 Å². The first-order chi connectivity index (χ1) is 16.2. The van der Waals surface area contributed by atoms with Gasteiger partial charge in [-0.1, -0.05) is 60.7 Å². The predicted molar refractivity (Wildman–Crippen MR) is 130 cm³/mol. The maximum atomic E-state index is 12.3. The monoisotopic (exact) mass is 442 g/mol. The number of nitrogens with one attached hydrogen (secondary N) is 2. The minimum atomic E-state index is 0.0478. The maximum absolute atomic E-state index is 12.3. The van der Waals surface area contributed by atoms with Crippen molar-refractivity contribution in [3.05, 3.63) is 95.6 Å². The van der Waals surface area contributed by atoms with Gasteiger partial charge in [-0.2, -0.15) is 0 Å². The van der Waals surface area contributed by atoms with E-state index in [1.807, 2.05) is 30.3 Å². The molecule has 5 heteroatoms. The summed E-state index contributed by atoms with van der Waals surface area (Å²) in [4.78, 5) is 23.8. The third-order valence-electron chi connectivity index (χ3n) is 5.95. The predicted octanol–water partition coefficient (Wildman–Crippen LogP) is 5.07. The number of anilines is 1. The first-order valence-electron chi connectivity index (χ1n) is 11.6. The summed E-state index contributed by atoms with van der Waals surface area (Å²) < 4.78 is 5.81. The molecule has 0 saturated heterocycles. The van der Waals surface area contributed by atoms with Crippen molar-refractivity contribution in [3.8, 4) is 5.75 Å². The second-order valence-corrected chi connectivity index (χ2v) is 8.33. The fourth-order valence-corrected chi connectivity index (χ4v) is 4.21. The number of carbonyl (C=O) groups is 2. The fraction of sp³-hybridized carbons (Fsp3) is 0.286. The highest BCUT2D eigenvalue weighted by molar-refractivity contribution is 5.94. The molecule has 1 aliphatic heterocycles. The Balaban J connectivity index is 1.20. The average molecular weight is 443 g/mol. The first kappa shape index (κ1) is 22.6. The van der Waals surface area contributed by atoms with Crippen LogP contribution in [0.1, 0.15) is 48.3 Å². The summed E-state index contributed by atoms with van der Waals surface area (Å²) in [7, 11) is 0. The third kappa shape index (κ3) is 6.45. The summed E-state index contributed by atoms with van der Waals surface area (Å²) >= 11 is 0. The molecule has 0 atom stereocenters. The zero-order valence-corrected chi connectivity index (χ0v) is 18.8. The van der Waals surface area contributed by atoms with E-state index in [-0.39, 0.29) is 17.7 Å². The third-order valence-corrected chi connectivity index (χ3v) is 5.95. The van der Waals surface area contributed by atoms with Crippen molar-refractivity contribution in [2.24, 2.45) is 0 Å². The summed E-state index contributed by atoms with van der Waals surface area (Å²) in [5.74, 6) is 1.14. The van der Waals surface area contributed by atoms with Gasteiger partial charge in [0.25, 0.3) is 0 Å². The number of fused-ring (bicyclic) bond motifs is 1. The molecule has 0 unspecified atom stereocenters. The van der Waals surface area contributed by atoms with Crippen LogP contribution in [0.3, 0.4) is 0 Å². The van der Waals surface area contributed by atoms with E-state index in [4.69, 9.17) is 4.74 Å². The summed E-state index contributed by atoms with van der Waals surface area (Å²) in [6, 6.07) is 26.6. The number of amides is 2. The molecule has 0 radical (unpaired) electrons. The van der Waals surface area contributed by atoms with Gasteiger partial charge in [-0.3, -0.25) is 9.59 Å². The van der Waals surface area contributed by atoms with Crippen molar-refractivity contribution >= 4 is 17.5 Å². The number of benzene rings is 3. The van der Waals surface area contributed by atoms with Crippen LogP contribution < -0.4 is 15.4 Å². The minimum absolute atomic E-state index is 0.0478. The molecular weight excluding hydrogens is 412 g/mol. The topological polar surface area (TPSA) is 67.4 Å². The van der Waals surface area contributed by atoms with Gasteiger partial charge in [0.05, 0.1) is 6.61 Å². The number of hydrogen-bond acceptors (Lipinski definition) is 3. The van der Waals surface area contributed by atoms with Crippen LogP contribution in [0.2, 0.25) is 0 Å². The first-order valence-corrected chi connectivity index (χ1v) is 11.6. The van der Waals surface area contributed by atoms with Crippen molar-refractivity contribution in [2.45, 2.75) is 38.0 Å². The molecular formula is C28H30N2O3. The summed E-state index contributed by atoms with van der Waals surface area (Å²) in [5, 5.41) is 5.93. The standard InChI is InChI=1S/C28H30N2O3/c31-27(12-7-19-33-24-14-15-26-23(20-24)13-16-28(32)30-26)29-18-17-25(21-8-3-1-4-9-21)22-10-5-2-6-11-22/h1-6,8-11,14-15,20,25H,7,12-13,16-19H2,(H,29,31)(H,30,32). The Morgan fingerprint density at radius 3 is 2.33 bits per heavy atom. The second kappa shape index (κ2) is 11.3. The van der Waals surface area contributed by atoms with E-state index in [0.29, 0.717) is 32.4 Å². The van der Waals surface area contributed by atoms with Crippen LogP contribution >= 0.6 is 0 Å². The van der Waals surface area contributed by atoms with Crippen LogP contribution in [-0.2, 0) is 16.0 Å². The van der Waals surface area contributed by atoms with Crippen LogP contribution in [0.15, 0.2) is 78.9 Å². The lowest BCUT2D eigenvalue weighted by molar-refractivity contribution is -0.121. The van der Waals surface area contributed by atoms with Gasteiger partial charge in [0.1, 0.15) is 5.75 Å². The number of hydrogen-bond donors (Lipinski definition) is 2. The Bertz CT molecular complexity index is 1030. The lowest BCUT2D eigenvalue weighted by atomic mass is 9.88. The molecule has 0 aromatic heterocycles. The number of aryl methyl sites for hydroxylation is 1. The molecule has 3 aromatic carbocycles. The number of carbonyl (C=O) groups excluding carboxylic acids is 2. The lowest BCUT2D eigenvalue weighted by Gasteiger charge is -2.18. The van der Waals surface area contributed by atoms with Crippen LogP contribution in [0.4, 0.5) is 5.69 Å². The molecule has 2 N–H and O–H groups in total. The van der Waals surface area contributed by atoms with E-state index in [0.717, 1.165) is 29.8 Å². The van der Waals surface area contributed by atoms with Gasteiger partial charge >= 0.3 is 0 Å². The van der Waals surface area contributed by atoms with Gasteiger partial charge in [0, 0.05) is 31.0 Å². The number of ether oxygens (including phenoxy) is 1. The largest absolute Gasteiger partial charge is 0.494 e. The Morgan fingerprint density at radius 2 is 1.64 bits per heavy atom. The molecule has 5 nitrogen and oxygen atoms in total. The van der Waals surface area contributed by atoms with Crippen LogP contribution in [0.25, 0.3) is 0 Å². The van der Waals surface area contributed by atoms with Crippen molar-refractivity contribution in [3.63, 3.8) is 0 Å². The summed E-state index contributed by atoms with van der Waals surface area (Å²) in [6.07, 6.45) is 3.17. The summed E-state index contributed by atoms with van der Waals surface area (Å²) in [5.41, 5.74) is 4.48. The quantitative estimate of drug-likeness (QED) is 0.431. The van der Waals surface area contributed by atoms with Crippen molar-refractivity contribution in [1.29, 1.82) is 0 Å². The lowest BCUT2D eigenvalue weighted by Crippen LogP contribution is -2.26. The van der Waals surface area contributed by atoms with E-state index < -0.39 is 0 Å². The molecule has 33 heavy (non-hydrogen) atoms. The molecule has 170 valence electrons. The maximum Gasteiger partial charge on any atom is 0.224 e. The van der Waals surface area contributed by atoms with Crippen molar-refractivity contribution in [2.75, 3.05) is 18.5 Å². The Hall–Kier alpha value is -3.60. The molecule has 0 spiro atoms. The highest BCUT2D eigenvalue weighted by Crippen LogP contribution is 2.28. The molecule has 4 rings (SSSR count). The SMILES string of the molecule is O=C(CCCOc1ccc2c(c1)CCC(=O)N2)NCCC(c1ccccc1)c1ccccc1.